The quantitative estimate of drug-likeness (QED) is 0.752. The van der Waals surface area contributed by atoms with Crippen molar-refractivity contribution in [1.82, 2.24) is 15.1 Å². The second kappa shape index (κ2) is 8.15. The topological polar surface area (TPSA) is 52.6 Å². The Balaban J connectivity index is 1.48. The number of nitrogens with one attached hydrogen (secondary N) is 1. The molecule has 4 rings (SSSR count). The van der Waals surface area contributed by atoms with Gasteiger partial charge in [-0.2, -0.15) is 0 Å². The molecule has 0 saturated carbocycles. The maximum Gasteiger partial charge on any atom is 0.324 e. The van der Waals surface area contributed by atoms with Crippen LogP contribution in [0.25, 0.3) is 0 Å². The number of carbonyl (C=O) groups is 2. The van der Waals surface area contributed by atoms with Crippen LogP contribution < -0.4 is 5.32 Å². The van der Waals surface area contributed by atoms with E-state index in [1.165, 1.54) is 27.2 Å². The number of aryl methyl sites for hydroxylation is 2. The molecule has 1 saturated heterocycles. The van der Waals surface area contributed by atoms with Gasteiger partial charge in [-0.05, 0) is 42.9 Å². The Morgan fingerprint density at radius 2 is 1.89 bits per heavy atom. The highest BCUT2D eigenvalue weighted by molar-refractivity contribution is 6.01. The van der Waals surface area contributed by atoms with E-state index >= 15 is 0 Å². The number of urea groups is 1. The van der Waals surface area contributed by atoms with Crippen LogP contribution in [0.1, 0.15) is 41.1 Å². The third-order valence-electron chi connectivity index (χ3n) is 5.81. The maximum absolute atomic E-state index is 11.8. The molecular weight excluding hydrogens is 350 g/mol. The Kier molecular flexibility index (Phi) is 5.44. The Hall–Kier alpha value is -2.66. The van der Waals surface area contributed by atoms with Crippen molar-refractivity contribution in [2.75, 3.05) is 19.6 Å². The van der Waals surface area contributed by atoms with Crippen LogP contribution in [0.5, 0.6) is 0 Å². The number of rotatable bonds is 7. The first-order valence-electron chi connectivity index (χ1n) is 10.1. The molecule has 5 nitrogen and oxygen atoms in total. The van der Waals surface area contributed by atoms with Gasteiger partial charge in [0.25, 0.3) is 0 Å². The van der Waals surface area contributed by atoms with Crippen molar-refractivity contribution in [2.24, 2.45) is 0 Å². The third-order valence-corrected chi connectivity index (χ3v) is 5.81. The molecule has 0 spiro atoms. The van der Waals surface area contributed by atoms with Crippen molar-refractivity contribution in [1.29, 1.82) is 0 Å². The predicted octanol–water partition coefficient (Wildman–Crippen LogP) is 3.43. The summed E-state index contributed by atoms with van der Waals surface area (Å²) in [6, 6.07) is 17.5. The number of hydrogen-bond donors (Lipinski definition) is 1. The largest absolute Gasteiger partial charge is 0.329 e. The van der Waals surface area contributed by atoms with Crippen LogP contribution in [-0.2, 0) is 17.8 Å². The van der Waals surface area contributed by atoms with Gasteiger partial charge >= 0.3 is 6.03 Å². The Bertz CT molecular complexity index is 846. The molecule has 28 heavy (non-hydrogen) atoms. The molecule has 1 aliphatic heterocycles. The zero-order valence-electron chi connectivity index (χ0n) is 16.4. The van der Waals surface area contributed by atoms with Crippen molar-refractivity contribution in [3.8, 4) is 0 Å². The molecule has 146 valence electrons. The predicted molar refractivity (Wildman–Crippen MR) is 109 cm³/mol. The minimum absolute atomic E-state index is 0.124. The van der Waals surface area contributed by atoms with Crippen LogP contribution in [0.3, 0.4) is 0 Å². The smallest absolute Gasteiger partial charge is 0.324 e. The second-order valence-corrected chi connectivity index (χ2v) is 7.77. The van der Waals surface area contributed by atoms with Crippen LogP contribution in [0.4, 0.5) is 4.79 Å². The van der Waals surface area contributed by atoms with Crippen LogP contribution in [0, 0.1) is 6.92 Å². The van der Waals surface area contributed by atoms with Gasteiger partial charge in [0.05, 0.1) is 6.54 Å². The average molecular weight is 377 g/mol. The van der Waals surface area contributed by atoms with Gasteiger partial charge in [-0.15, -0.1) is 0 Å². The number of imide groups is 1. The summed E-state index contributed by atoms with van der Waals surface area (Å²) in [5.74, 6) is -0.124. The average Bonchev–Trinajstić information content (AvgIpc) is 3.27. The summed E-state index contributed by atoms with van der Waals surface area (Å²) in [5.41, 5.74) is 5.42. The fraction of sp³-hybridized carbons (Fsp3) is 0.391. The summed E-state index contributed by atoms with van der Waals surface area (Å²) in [7, 11) is 0. The van der Waals surface area contributed by atoms with Gasteiger partial charge in [-0.1, -0.05) is 54.1 Å². The lowest BCUT2D eigenvalue weighted by atomic mass is 10.0. The number of benzene rings is 2. The molecule has 5 heteroatoms. The summed E-state index contributed by atoms with van der Waals surface area (Å²) >= 11 is 0. The molecule has 0 radical (unpaired) electrons. The monoisotopic (exact) mass is 377 g/mol. The van der Waals surface area contributed by atoms with E-state index in [1.54, 1.807) is 0 Å². The number of nitrogens with zero attached hydrogens (tertiary/aromatic N) is 2. The highest BCUT2D eigenvalue weighted by Crippen LogP contribution is 2.36. The van der Waals surface area contributed by atoms with Crippen LogP contribution in [0.2, 0.25) is 0 Å². The summed E-state index contributed by atoms with van der Waals surface area (Å²) < 4.78 is 0. The van der Waals surface area contributed by atoms with Crippen molar-refractivity contribution in [2.45, 2.75) is 38.8 Å². The van der Waals surface area contributed by atoms with Crippen molar-refractivity contribution in [3.63, 3.8) is 0 Å². The molecular formula is C23H27N3O2. The van der Waals surface area contributed by atoms with E-state index in [2.05, 4.69) is 65.7 Å². The van der Waals surface area contributed by atoms with Gasteiger partial charge in [0.1, 0.15) is 0 Å². The van der Waals surface area contributed by atoms with Gasteiger partial charge in [0.15, 0.2) is 0 Å². The highest BCUT2D eigenvalue weighted by Gasteiger charge is 2.30. The van der Waals surface area contributed by atoms with E-state index in [0.717, 1.165) is 32.4 Å². The molecule has 0 aromatic heterocycles. The molecule has 1 fully saturated rings. The molecule has 1 aliphatic carbocycles. The van der Waals surface area contributed by atoms with Gasteiger partial charge in [-0.3, -0.25) is 14.6 Å². The molecule has 3 amide bonds. The Morgan fingerprint density at radius 3 is 2.64 bits per heavy atom. The zero-order chi connectivity index (χ0) is 19.5. The second-order valence-electron chi connectivity index (χ2n) is 7.77. The first-order valence-corrected chi connectivity index (χ1v) is 10.1. The first kappa shape index (κ1) is 18.7. The number of carbonyl (C=O) groups excluding carboxylic acids is 2. The van der Waals surface area contributed by atoms with Gasteiger partial charge in [-0.25, -0.2) is 4.79 Å². The number of fused-ring (bicyclic) bond motifs is 1. The van der Waals surface area contributed by atoms with Crippen molar-refractivity contribution in [3.05, 3.63) is 70.8 Å². The van der Waals surface area contributed by atoms with E-state index in [-0.39, 0.29) is 18.5 Å². The molecule has 1 heterocycles. The Labute approximate surface area is 166 Å². The van der Waals surface area contributed by atoms with Crippen molar-refractivity contribution >= 4 is 11.9 Å². The molecule has 1 atom stereocenters. The fourth-order valence-corrected chi connectivity index (χ4v) is 4.30. The molecule has 1 unspecified atom stereocenters. The standard InChI is InChI=1S/C23H27N3O2/c1-17-7-9-18(10-8-17)16-25(13-4-14-26-22(27)15-24-23(26)28)21-12-11-19-5-2-3-6-20(19)21/h2-3,5-10,21H,4,11-16H2,1H3,(H,24,28). The van der Waals surface area contributed by atoms with Crippen LogP contribution >= 0.6 is 0 Å². The number of amides is 3. The third kappa shape index (κ3) is 3.94. The van der Waals surface area contributed by atoms with E-state index in [1.807, 2.05) is 0 Å². The van der Waals surface area contributed by atoms with E-state index in [0.29, 0.717) is 12.6 Å². The Morgan fingerprint density at radius 1 is 1.11 bits per heavy atom. The molecule has 2 aromatic rings. The maximum atomic E-state index is 11.8. The normalized spacial score (nSPS) is 18.6. The summed E-state index contributed by atoms with van der Waals surface area (Å²) in [4.78, 5) is 27.5. The lowest BCUT2D eigenvalue weighted by Crippen LogP contribution is -2.35. The minimum atomic E-state index is -0.263. The van der Waals surface area contributed by atoms with Crippen molar-refractivity contribution < 1.29 is 9.59 Å². The van der Waals surface area contributed by atoms with Gasteiger partial charge < -0.3 is 5.32 Å². The summed E-state index contributed by atoms with van der Waals surface area (Å²) in [6.45, 7) is 4.43. The first-order chi connectivity index (χ1) is 13.6. The van der Waals surface area contributed by atoms with E-state index in [4.69, 9.17) is 0 Å². The summed E-state index contributed by atoms with van der Waals surface area (Å²) in [5, 5.41) is 2.59. The zero-order valence-corrected chi connectivity index (χ0v) is 16.4. The SMILES string of the molecule is Cc1ccc(CN(CCCN2C(=O)CNC2=O)C2CCc3ccccc32)cc1. The van der Waals surface area contributed by atoms with Gasteiger partial charge in [0, 0.05) is 25.7 Å². The molecule has 2 aromatic carbocycles. The summed E-state index contributed by atoms with van der Waals surface area (Å²) in [6.07, 6.45) is 3.01. The van der Waals surface area contributed by atoms with Gasteiger partial charge in [0.2, 0.25) is 5.91 Å². The van der Waals surface area contributed by atoms with E-state index < -0.39 is 0 Å². The van der Waals surface area contributed by atoms with E-state index in [9.17, 15) is 9.59 Å². The highest BCUT2D eigenvalue weighted by atomic mass is 16.2. The molecule has 1 N–H and O–H groups in total. The lowest BCUT2D eigenvalue weighted by molar-refractivity contribution is -0.125. The van der Waals surface area contributed by atoms with Crippen LogP contribution in [0.15, 0.2) is 48.5 Å². The fourth-order valence-electron chi connectivity index (χ4n) is 4.30. The lowest BCUT2D eigenvalue weighted by Gasteiger charge is -2.30. The molecule has 2 aliphatic rings. The minimum Gasteiger partial charge on any atom is -0.329 e. The molecule has 0 bridgehead atoms. The van der Waals surface area contributed by atoms with Crippen LogP contribution in [-0.4, -0.2) is 41.4 Å². The number of hydrogen-bond acceptors (Lipinski definition) is 3.